The van der Waals surface area contributed by atoms with Gasteiger partial charge in [0.15, 0.2) is 14.2 Å². The lowest BCUT2D eigenvalue weighted by Gasteiger charge is -2.11. The first-order valence-electron chi connectivity index (χ1n) is 31.0. The van der Waals surface area contributed by atoms with Gasteiger partial charge in [-0.05, 0) is 131 Å². The third-order valence-corrected chi connectivity index (χ3v) is 20.7. The van der Waals surface area contributed by atoms with Crippen molar-refractivity contribution in [2.45, 2.75) is 77.8 Å². The fourth-order valence-corrected chi connectivity index (χ4v) is 14.2. The number of benzene rings is 5. The van der Waals surface area contributed by atoms with Gasteiger partial charge in [0.05, 0.1) is 63.1 Å². The number of thiazole rings is 3. The topological polar surface area (TPSA) is 258 Å². The maximum atomic E-state index is 13.4. The second-order valence-corrected chi connectivity index (χ2v) is 30.6. The Labute approximate surface area is 659 Å². The maximum absolute atomic E-state index is 13.4. The van der Waals surface area contributed by atoms with Gasteiger partial charge < -0.3 is 41.0 Å². The zero-order valence-corrected chi connectivity index (χ0v) is 66.3. The van der Waals surface area contributed by atoms with Gasteiger partial charge in [-0.15, -0.1) is 34.0 Å². The number of ether oxygens (including phenoxy) is 2. The van der Waals surface area contributed by atoms with E-state index in [1.54, 1.807) is 48.7 Å². The molecule has 0 saturated heterocycles. The number of nitrogens with two attached hydrogens (primary N) is 1. The molecule has 5 aromatic carbocycles. The summed E-state index contributed by atoms with van der Waals surface area (Å²) in [5.41, 5.74) is 7.43. The number of aromatic carboxylic acids is 1. The summed E-state index contributed by atoms with van der Waals surface area (Å²) in [7, 11) is 1.21. The van der Waals surface area contributed by atoms with Gasteiger partial charge in [0.2, 0.25) is 0 Å². The van der Waals surface area contributed by atoms with Crippen LogP contribution in [0.4, 0.5) is 67.2 Å². The summed E-state index contributed by atoms with van der Waals surface area (Å²) in [4.78, 5) is 63.0. The molecule has 0 spiro atoms. The second kappa shape index (κ2) is 37.8. The van der Waals surface area contributed by atoms with E-state index in [4.69, 9.17) is 55.3 Å². The van der Waals surface area contributed by atoms with Crippen LogP contribution in [-0.2, 0) is 28.0 Å². The van der Waals surface area contributed by atoms with Crippen molar-refractivity contribution in [2.24, 2.45) is 0 Å². The molecule has 17 nitrogen and oxygen atoms in total. The minimum Gasteiger partial charge on any atom is -0.478 e. The van der Waals surface area contributed by atoms with Crippen molar-refractivity contribution in [1.82, 2.24) is 29.9 Å². The number of carboxylic acids is 1. The van der Waals surface area contributed by atoms with E-state index in [0.29, 0.717) is 62.4 Å². The Balaban J connectivity index is 0.000000201. The van der Waals surface area contributed by atoms with Crippen LogP contribution in [0.15, 0.2) is 165 Å². The van der Waals surface area contributed by atoms with E-state index in [1.165, 1.54) is 97.0 Å². The SMILES string of the molecule is CC(C)c1sc(Br)nc1-c1ccc(Cl)c(C(F)(F)F)c1.CC(C)c1sc(Nc2ncc(-c3ccccc3)cc2C(=O)O)nc1-c1ccc(Cl)c(C(F)(F)F)c1.COC(=O)c1cc(Br)cnc1N.COC(=O)c1cc(Br)cnc1Nc1nc(-c2ccc(Cl)c(C(F)(F)F)c2)c(C(C)C)s1.OB(O)c1ccccc1. The van der Waals surface area contributed by atoms with Gasteiger partial charge >= 0.3 is 43.6 Å². The first kappa shape index (κ1) is 86.2. The van der Waals surface area contributed by atoms with Gasteiger partial charge in [-0.25, -0.2) is 44.3 Å². The molecule has 6 heterocycles. The quantitative estimate of drug-likeness (QED) is 0.0317. The van der Waals surface area contributed by atoms with Crippen LogP contribution in [0.25, 0.3) is 44.9 Å². The number of nitrogens with zero attached hydrogens (tertiary/aromatic N) is 6. The molecule has 0 aliphatic heterocycles. The molecule has 0 aliphatic carbocycles. The molecular formula is C71H59BBr3Cl3F9N9O8S3. The number of hydrogen-bond donors (Lipinski definition) is 6. The van der Waals surface area contributed by atoms with E-state index in [1.807, 2.05) is 77.9 Å². The summed E-state index contributed by atoms with van der Waals surface area (Å²) in [6.07, 6.45) is -9.10. The van der Waals surface area contributed by atoms with Gasteiger partial charge in [0.1, 0.15) is 34.1 Å². The Hall–Kier alpha value is -8.09. The third kappa shape index (κ3) is 23.5. The van der Waals surface area contributed by atoms with Crippen LogP contribution in [0.2, 0.25) is 15.1 Å². The van der Waals surface area contributed by atoms with Crippen molar-refractivity contribution < 1.29 is 78.5 Å². The lowest BCUT2D eigenvalue weighted by atomic mass is 9.81. The minimum atomic E-state index is -4.61. The Kier molecular flexibility index (Phi) is 30.5. The molecule has 0 amide bonds. The standard InChI is InChI=1S/C25H19ClF3N3O2S.C20H16BrClF3N3O2S.C13H10BrClF3NS.C7H7BrN2O2.C6H7BO2/c1-13(2)21-20(15-8-9-19(26)18(11-15)25(27,28)29)31-24(35-21)32-22-17(23(33)34)10-16(12-30-22)14-6-4-3-5-7-14;1-9(2)16-15(10-4-5-14(22)13(6-10)20(23,24)25)27-19(31-16)28-17-12(18(29)30-3)7-11(21)8-26-17;1-6(2)11-10(19-12(14)20-11)7-3-4-9(15)8(5-7)13(16,17)18;1-12-7(11)5-2-4(8)3-10-6(5)9;8-7(9)6-4-2-1-3-5-6/h3-13H,1-2H3,(H,33,34)(H,30,31,32);4-9H,1-3H3,(H,26,27,28);3-6H,1-2H3;2-3H,1H3,(H2,9,10);1-5,8-9H. The van der Waals surface area contributed by atoms with Crippen LogP contribution in [0.1, 0.15) is 122 Å². The molecule has 0 aliphatic rings. The van der Waals surface area contributed by atoms with Crippen molar-refractivity contribution in [3.8, 4) is 44.9 Å². The molecule has 36 heteroatoms. The Morgan fingerprint density at radius 2 is 0.860 bits per heavy atom. The fourth-order valence-electron chi connectivity index (χ4n) is 9.41. The zero-order valence-electron chi connectivity index (χ0n) is 56.8. The number of carbonyl (C=O) groups is 3. The maximum Gasteiger partial charge on any atom is 0.488 e. The molecule has 0 bridgehead atoms. The van der Waals surface area contributed by atoms with Crippen LogP contribution in [0.5, 0.6) is 0 Å². The highest BCUT2D eigenvalue weighted by Gasteiger charge is 2.37. The highest BCUT2D eigenvalue weighted by atomic mass is 79.9. The number of pyridine rings is 3. The number of anilines is 5. The normalized spacial score (nSPS) is 11.3. The van der Waals surface area contributed by atoms with E-state index in [9.17, 15) is 59.0 Å². The van der Waals surface area contributed by atoms with Gasteiger partial charge in [-0.3, -0.25) is 0 Å². The predicted molar refractivity (Wildman–Crippen MR) is 413 cm³/mol. The highest BCUT2D eigenvalue weighted by molar-refractivity contribution is 9.11. The summed E-state index contributed by atoms with van der Waals surface area (Å²) in [5.74, 6) is -1.65. The van der Waals surface area contributed by atoms with Gasteiger partial charge in [0.25, 0.3) is 0 Å². The van der Waals surface area contributed by atoms with Crippen LogP contribution >= 0.6 is 117 Å². The van der Waals surface area contributed by atoms with E-state index >= 15 is 0 Å². The van der Waals surface area contributed by atoms with Crippen molar-refractivity contribution in [1.29, 1.82) is 0 Å². The van der Waals surface area contributed by atoms with Crippen LogP contribution in [0, 0.1) is 0 Å². The lowest BCUT2D eigenvalue weighted by Crippen LogP contribution is -2.29. The molecule has 11 aromatic rings. The number of alkyl halides is 9. The molecule has 562 valence electrons. The molecule has 0 unspecified atom stereocenters. The van der Waals surface area contributed by atoms with E-state index in [2.05, 4.69) is 93.1 Å². The molecule has 107 heavy (non-hydrogen) atoms. The smallest absolute Gasteiger partial charge is 0.478 e. The molecular weight excluding hydrogens is 1730 g/mol. The number of rotatable bonds is 15. The van der Waals surface area contributed by atoms with E-state index in [0.717, 1.165) is 38.4 Å². The van der Waals surface area contributed by atoms with Gasteiger partial charge in [-0.2, -0.15) is 39.5 Å². The number of hydrogen-bond acceptors (Lipinski definition) is 19. The van der Waals surface area contributed by atoms with Gasteiger partial charge in [0, 0.05) is 64.4 Å². The Morgan fingerprint density at radius 1 is 0.486 bits per heavy atom. The van der Waals surface area contributed by atoms with Crippen molar-refractivity contribution in [2.75, 3.05) is 30.6 Å². The number of halogens is 15. The number of carbonyl (C=O) groups excluding carboxylic acids is 2. The monoisotopic (exact) mass is 1790 g/mol. The Bertz CT molecular complexity index is 4950. The van der Waals surface area contributed by atoms with Crippen molar-refractivity contribution in [3.63, 3.8) is 0 Å². The summed E-state index contributed by atoms with van der Waals surface area (Å²) < 4.78 is 130. The zero-order chi connectivity index (χ0) is 79.2. The first-order chi connectivity index (χ1) is 50.2. The average molecular weight is 1790 g/mol. The first-order valence-corrected chi connectivity index (χ1v) is 36.9. The van der Waals surface area contributed by atoms with Crippen LogP contribution in [0.3, 0.4) is 0 Å². The molecule has 11 rings (SSSR count). The minimum absolute atomic E-state index is 0.00832. The number of aromatic nitrogens is 6. The predicted octanol–water partition coefficient (Wildman–Crippen LogP) is 22.4. The molecule has 0 saturated carbocycles. The molecule has 0 fully saturated rings. The number of carboxylic acid groups (broad SMARTS) is 1. The molecule has 6 aromatic heterocycles. The lowest BCUT2D eigenvalue weighted by molar-refractivity contribution is -0.138. The fraction of sp³-hybridized carbons (Fsp3) is 0.197. The molecule has 0 radical (unpaired) electrons. The summed E-state index contributed by atoms with van der Waals surface area (Å²) in [6, 6.07) is 33.7. The summed E-state index contributed by atoms with van der Waals surface area (Å²) in [5, 5.41) is 32.5. The van der Waals surface area contributed by atoms with E-state index in [-0.39, 0.29) is 67.5 Å². The number of nitrogen functional groups attached to an aromatic ring is 1. The van der Waals surface area contributed by atoms with Crippen LogP contribution in [-0.4, -0.2) is 84.3 Å². The summed E-state index contributed by atoms with van der Waals surface area (Å²) in [6.45, 7) is 11.6. The van der Waals surface area contributed by atoms with E-state index < -0.39 is 65.3 Å². The van der Waals surface area contributed by atoms with Crippen molar-refractivity contribution >= 4 is 175 Å². The average Bonchev–Trinajstić information content (AvgIpc) is 1.70. The van der Waals surface area contributed by atoms with Crippen molar-refractivity contribution in [3.05, 3.63) is 228 Å². The largest absolute Gasteiger partial charge is 0.488 e. The van der Waals surface area contributed by atoms with Crippen LogP contribution < -0.4 is 21.8 Å². The third-order valence-electron chi connectivity index (χ3n) is 14.5. The van der Waals surface area contributed by atoms with Gasteiger partial charge in [-0.1, -0.05) is 155 Å². The Morgan fingerprint density at radius 3 is 1.25 bits per heavy atom. The molecule has 0 atom stereocenters. The highest BCUT2D eigenvalue weighted by Crippen LogP contribution is 2.46. The second-order valence-electron chi connectivity index (χ2n) is 23.1. The number of nitrogens with one attached hydrogen (secondary N) is 2. The summed E-state index contributed by atoms with van der Waals surface area (Å²) >= 11 is 30.8. The number of methoxy groups -OCH3 is 2. The number of esters is 2. The molecule has 7 N–H and O–H groups in total.